The van der Waals surface area contributed by atoms with Crippen molar-refractivity contribution in [2.75, 3.05) is 13.7 Å². The number of ketones is 2. The number of hydrogen-bond donors (Lipinski definition) is 0. The fourth-order valence-corrected chi connectivity index (χ4v) is 5.32. The van der Waals surface area contributed by atoms with Crippen molar-refractivity contribution in [3.05, 3.63) is 143 Å². The van der Waals surface area contributed by atoms with Gasteiger partial charge in [0.05, 0.1) is 20.1 Å². The van der Waals surface area contributed by atoms with E-state index >= 15 is 0 Å². The maximum Gasteiger partial charge on any atom is 4.00 e. The van der Waals surface area contributed by atoms with Crippen molar-refractivity contribution in [1.29, 1.82) is 5.26 Å². The topological polar surface area (TPSA) is 150 Å². The second-order valence-corrected chi connectivity index (χ2v) is 13.2. The Morgan fingerprint density at radius 3 is 1.58 bits per heavy atom. The largest absolute Gasteiger partial charge is 4.00 e. The zero-order valence-corrected chi connectivity index (χ0v) is 33.1. The fourth-order valence-electron chi connectivity index (χ4n) is 5.32. The molecule has 1 atom stereocenters. The van der Waals surface area contributed by atoms with Gasteiger partial charge in [-0.15, -0.1) is 0 Å². The Hall–Kier alpha value is -4.65. The molecular formula is C44H49NO7Ti. The average Bonchev–Trinajstić information content (AvgIpc) is 3.14. The molecule has 0 aromatic heterocycles. The van der Waals surface area contributed by atoms with Crippen LogP contribution in [0.25, 0.3) is 5.57 Å². The van der Waals surface area contributed by atoms with Crippen LogP contribution in [0.3, 0.4) is 0 Å². The van der Waals surface area contributed by atoms with E-state index in [4.69, 9.17) is 9.47 Å². The number of methoxy groups -OCH3 is 1. The van der Waals surface area contributed by atoms with E-state index in [1.54, 1.807) is 43.5 Å². The van der Waals surface area contributed by atoms with Crippen molar-refractivity contribution < 1.29 is 56.5 Å². The molecule has 4 aromatic carbocycles. The van der Waals surface area contributed by atoms with E-state index < -0.39 is 5.97 Å². The molecule has 8 nitrogen and oxygen atoms in total. The molecule has 0 heterocycles. The zero-order chi connectivity index (χ0) is 36.5. The molecule has 0 spiro atoms. The number of benzene rings is 4. The number of unbranched alkanes of at least 4 members (excludes halogenated alkanes) is 1. The molecule has 0 aliphatic rings. The Bertz CT molecular complexity index is 1720. The van der Waals surface area contributed by atoms with E-state index in [1.165, 1.54) is 0 Å². The summed E-state index contributed by atoms with van der Waals surface area (Å²) >= 11 is 0. The summed E-state index contributed by atoms with van der Waals surface area (Å²) in [5.74, 6) is 0.135. The first-order chi connectivity index (χ1) is 24.0. The monoisotopic (exact) mass is 751 g/mol. The SMILES string of the molecule is CCCCC(CC)COC(=O)C(C#N)=C(c1ccccc1)c1ccccc1.COc1ccc(C(=O)CC(=O)c2ccc(C(C)(C)C)cc2)cc1.[O-2].[O-2].[Ti+4]. The van der Waals surface area contributed by atoms with Crippen molar-refractivity contribution in [2.45, 2.75) is 72.1 Å². The van der Waals surface area contributed by atoms with Crippen molar-refractivity contribution in [3.63, 3.8) is 0 Å². The summed E-state index contributed by atoms with van der Waals surface area (Å²) in [5, 5.41) is 9.74. The number of rotatable bonds is 14. The third kappa shape index (κ3) is 15.1. The van der Waals surface area contributed by atoms with Crippen LogP contribution in [-0.2, 0) is 47.6 Å². The van der Waals surface area contributed by atoms with E-state index in [2.05, 4.69) is 40.7 Å². The summed E-state index contributed by atoms with van der Waals surface area (Å²) in [6.45, 7) is 11.0. The summed E-state index contributed by atoms with van der Waals surface area (Å²) in [4.78, 5) is 37.2. The summed E-state index contributed by atoms with van der Waals surface area (Å²) in [6.07, 6.45) is 4.12. The van der Waals surface area contributed by atoms with Gasteiger partial charge < -0.3 is 20.4 Å². The number of Topliss-reactive ketones (excluding diaryl/α,β-unsaturated/α-hetero) is 2. The first-order valence-electron chi connectivity index (χ1n) is 17.3. The predicted octanol–water partition coefficient (Wildman–Crippen LogP) is 9.98. The standard InChI is InChI=1S/C24H27NO2.C20H22O3.2O.Ti/c1-3-5-12-19(4-2)18-27-24(26)22(17-25)23(20-13-8-6-9-14-20)21-15-10-7-11-16-21;1-20(2,3)16-9-5-14(6-10-16)18(21)13-19(22)15-7-11-17(23-4)12-8-15;;;/h6-11,13-16,19H,3-5,12,18H2,1-2H3;5-12H,13H2,1-4H3;;;/q;;2*-2;+4. The molecule has 9 heteroatoms. The minimum absolute atomic E-state index is 0. The van der Waals surface area contributed by atoms with Crippen LogP contribution in [0.15, 0.2) is 115 Å². The van der Waals surface area contributed by atoms with Crippen LogP contribution in [0.2, 0.25) is 0 Å². The van der Waals surface area contributed by atoms with Gasteiger partial charge in [-0.1, -0.05) is 139 Å². The van der Waals surface area contributed by atoms with Gasteiger partial charge in [0, 0.05) is 16.7 Å². The third-order valence-corrected chi connectivity index (χ3v) is 8.49. The normalized spacial score (nSPS) is 10.6. The van der Waals surface area contributed by atoms with Crippen LogP contribution in [-0.4, -0.2) is 31.3 Å². The molecule has 0 aliphatic carbocycles. The minimum atomic E-state index is -0.546. The number of hydrogen-bond acceptors (Lipinski definition) is 6. The Morgan fingerprint density at radius 1 is 0.717 bits per heavy atom. The Labute approximate surface area is 329 Å². The van der Waals surface area contributed by atoms with Gasteiger partial charge in [-0.3, -0.25) is 9.59 Å². The van der Waals surface area contributed by atoms with Crippen LogP contribution >= 0.6 is 0 Å². The van der Waals surface area contributed by atoms with Gasteiger partial charge in [-0.2, -0.15) is 5.26 Å². The average molecular weight is 752 g/mol. The number of carbonyl (C=O) groups excluding carboxylic acids is 3. The zero-order valence-electron chi connectivity index (χ0n) is 31.5. The molecule has 0 radical (unpaired) electrons. The van der Waals surface area contributed by atoms with Crippen molar-refractivity contribution in [1.82, 2.24) is 0 Å². The molecule has 53 heavy (non-hydrogen) atoms. The maximum atomic E-state index is 12.8. The van der Waals surface area contributed by atoms with Gasteiger partial charge in [0.1, 0.15) is 17.4 Å². The van der Waals surface area contributed by atoms with Gasteiger partial charge in [-0.05, 0) is 58.7 Å². The van der Waals surface area contributed by atoms with E-state index in [9.17, 15) is 19.6 Å². The molecule has 0 saturated carbocycles. The molecule has 4 rings (SSSR count). The third-order valence-electron chi connectivity index (χ3n) is 8.49. The molecule has 0 fully saturated rings. The van der Waals surface area contributed by atoms with E-state index in [0.29, 0.717) is 35.0 Å². The molecule has 0 N–H and O–H groups in total. The quantitative estimate of drug-likeness (QED) is 0.0312. The van der Waals surface area contributed by atoms with Crippen LogP contribution in [0.4, 0.5) is 0 Å². The molecule has 276 valence electrons. The molecular weight excluding hydrogens is 702 g/mol. The Balaban J connectivity index is 0.000000976. The molecule has 0 amide bonds. The number of esters is 1. The number of carbonyl (C=O) groups is 3. The van der Waals surface area contributed by atoms with Crippen molar-refractivity contribution in [3.8, 4) is 11.8 Å². The molecule has 0 bridgehead atoms. The fraction of sp³-hybridized carbons (Fsp3) is 0.318. The Kier molecular flexibility index (Phi) is 22.4. The van der Waals surface area contributed by atoms with Crippen LogP contribution in [0.1, 0.15) is 104 Å². The summed E-state index contributed by atoms with van der Waals surface area (Å²) in [5.41, 5.74) is 4.62. The predicted molar refractivity (Wildman–Crippen MR) is 202 cm³/mol. The first kappa shape index (κ1) is 48.4. The van der Waals surface area contributed by atoms with Crippen LogP contribution in [0.5, 0.6) is 5.75 Å². The van der Waals surface area contributed by atoms with Crippen LogP contribution < -0.4 is 4.74 Å². The minimum Gasteiger partial charge on any atom is -2.00 e. The van der Waals surface area contributed by atoms with Gasteiger partial charge >= 0.3 is 27.7 Å². The van der Waals surface area contributed by atoms with Crippen LogP contribution in [0, 0.1) is 17.2 Å². The van der Waals surface area contributed by atoms with E-state index in [1.807, 2.05) is 72.8 Å². The molecule has 1 unspecified atom stereocenters. The smallest absolute Gasteiger partial charge is 2.00 e. The second-order valence-electron chi connectivity index (χ2n) is 13.2. The second kappa shape index (κ2) is 24.6. The van der Waals surface area contributed by atoms with Crippen molar-refractivity contribution in [2.24, 2.45) is 5.92 Å². The van der Waals surface area contributed by atoms with Gasteiger partial charge in [0.15, 0.2) is 11.6 Å². The number of ether oxygens (including phenoxy) is 2. The molecule has 0 saturated heterocycles. The first-order valence-corrected chi connectivity index (χ1v) is 17.3. The van der Waals surface area contributed by atoms with Gasteiger partial charge in [0.2, 0.25) is 0 Å². The number of nitriles is 1. The van der Waals surface area contributed by atoms with Gasteiger partial charge in [-0.25, -0.2) is 4.79 Å². The van der Waals surface area contributed by atoms with E-state index in [0.717, 1.165) is 42.4 Å². The Morgan fingerprint density at radius 2 is 1.19 bits per heavy atom. The molecule has 0 aliphatic heterocycles. The number of nitrogens with zero attached hydrogens (tertiary/aromatic N) is 1. The summed E-state index contributed by atoms with van der Waals surface area (Å²) in [6, 6.07) is 35.4. The van der Waals surface area contributed by atoms with Crippen molar-refractivity contribution >= 4 is 23.1 Å². The van der Waals surface area contributed by atoms with E-state index in [-0.39, 0.29) is 61.6 Å². The summed E-state index contributed by atoms with van der Waals surface area (Å²) < 4.78 is 10.6. The summed E-state index contributed by atoms with van der Waals surface area (Å²) in [7, 11) is 1.57. The van der Waals surface area contributed by atoms with Gasteiger partial charge in [0.25, 0.3) is 0 Å². The maximum absolute atomic E-state index is 12.8. The molecule has 4 aromatic rings.